The van der Waals surface area contributed by atoms with Gasteiger partial charge in [-0.3, -0.25) is 29.4 Å². The van der Waals surface area contributed by atoms with Crippen molar-refractivity contribution in [2.75, 3.05) is 57.3 Å². The van der Waals surface area contributed by atoms with Crippen LogP contribution >= 0.6 is 0 Å². The molecule has 58 heavy (non-hydrogen) atoms. The Morgan fingerprint density at radius 2 is 1.53 bits per heavy atom. The molecule has 2 N–H and O–H groups in total. The Bertz CT molecular complexity index is 2180. The number of anilines is 1. The summed E-state index contributed by atoms with van der Waals surface area (Å²) in [6.45, 7) is 6.27. The van der Waals surface area contributed by atoms with Gasteiger partial charge < -0.3 is 24.5 Å². The fourth-order valence-corrected chi connectivity index (χ4v) is 9.95. The molecule has 11 nitrogen and oxygen atoms in total. The lowest BCUT2D eigenvalue weighted by Crippen LogP contribution is -2.52. The molecule has 11 heteroatoms. The molecule has 300 valence electrons. The SMILES string of the molecule is O=C1CCC(N2Cc3cc(N4CCN(C(=O)C5CCN(CCOc6ccc([C@@H]7c8ccc(O)cc8CC[C@@H]7c7ccccc7)cc6)CC5)CC4)ccc3C2=O)C(=O)N1. The molecular weight excluding hydrogens is 731 g/mol. The van der Waals surface area contributed by atoms with Crippen LogP contribution in [0, 0.1) is 5.92 Å². The van der Waals surface area contributed by atoms with E-state index in [4.69, 9.17) is 4.74 Å². The maximum absolute atomic E-state index is 13.6. The number of hydrogen-bond donors (Lipinski definition) is 2. The van der Waals surface area contributed by atoms with Crippen molar-refractivity contribution in [2.24, 2.45) is 5.92 Å². The van der Waals surface area contributed by atoms with E-state index < -0.39 is 11.9 Å². The van der Waals surface area contributed by atoms with Crippen LogP contribution in [-0.4, -0.2) is 102 Å². The predicted molar refractivity (Wildman–Crippen MR) is 220 cm³/mol. The number of hydrogen-bond acceptors (Lipinski definition) is 8. The molecule has 9 rings (SSSR count). The Balaban J connectivity index is 0.729. The Morgan fingerprint density at radius 1 is 0.759 bits per heavy atom. The second-order valence-electron chi connectivity index (χ2n) is 16.5. The van der Waals surface area contributed by atoms with E-state index in [1.165, 1.54) is 22.3 Å². The molecule has 0 radical (unpaired) electrons. The summed E-state index contributed by atoms with van der Waals surface area (Å²) < 4.78 is 6.23. The van der Waals surface area contributed by atoms with Crippen molar-refractivity contribution >= 4 is 29.3 Å². The highest BCUT2D eigenvalue weighted by atomic mass is 16.5. The van der Waals surface area contributed by atoms with Crippen molar-refractivity contribution in [2.45, 2.75) is 62.9 Å². The number of likely N-dealkylation sites (tertiary alicyclic amines) is 1. The number of carbonyl (C=O) groups is 4. The van der Waals surface area contributed by atoms with Crippen LogP contribution in [0.3, 0.4) is 0 Å². The number of aryl methyl sites for hydroxylation is 1. The standard InChI is InChI=1S/C47H51N5O6/c53-37-10-15-40-34(29-37)8-13-39(31-4-2-1-3-5-31)44(40)32-6-11-38(12-7-32)58-27-26-49-20-18-33(19-21-49)46(56)51-24-22-50(23-25-51)36-9-14-41-35(28-36)30-52(47(41)57)42-16-17-43(54)48-45(42)55/h1-7,9-12,14-15,28-29,33,39,42,44,53H,8,13,16-27,30H2,(H,48,54,55)/t39-,42?,44+/m1/s1. The van der Waals surface area contributed by atoms with Crippen LogP contribution in [0.5, 0.6) is 11.5 Å². The van der Waals surface area contributed by atoms with E-state index >= 15 is 0 Å². The van der Waals surface area contributed by atoms with Gasteiger partial charge in [0.15, 0.2) is 0 Å². The molecule has 4 aromatic rings. The first-order valence-electron chi connectivity index (χ1n) is 20.9. The second-order valence-corrected chi connectivity index (χ2v) is 16.5. The van der Waals surface area contributed by atoms with E-state index in [1.54, 1.807) is 4.90 Å². The van der Waals surface area contributed by atoms with Gasteiger partial charge in [-0.05, 0) is 121 Å². The Labute approximate surface area is 339 Å². The highest BCUT2D eigenvalue weighted by Crippen LogP contribution is 2.47. The van der Waals surface area contributed by atoms with Gasteiger partial charge in [0.1, 0.15) is 24.1 Å². The second kappa shape index (κ2) is 16.3. The van der Waals surface area contributed by atoms with Gasteiger partial charge >= 0.3 is 0 Å². The first kappa shape index (κ1) is 37.9. The van der Waals surface area contributed by atoms with Gasteiger partial charge in [-0.2, -0.15) is 0 Å². The highest BCUT2D eigenvalue weighted by molar-refractivity contribution is 6.05. The Morgan fingerprint density at radius 3 is 2.29 bits per heavy atom. The maximum Gasteiger partial charge on any atom is 0.255 e. The van der Waals surface area contributed by atoms with Crippen LogP contribution < -0.4 is 15.0 Å². The number of aromatic hydroxyl groups is 1. The third-order valence-electron chi connectivity index (χ3n) is 13.1. The van der Waals surface area contributed by atoms with Crippen molar-refractivity contribution in [1.82, 2.24) is 20.0 Å². The molecule has 5 aliphatic rings. The lowest BCUT2D eigenvalue weighted by molar-refractivity contribution is -0.138. The zero-order valence-electron chi connectivity index (χ0n) is 32.9. The molecular formula is C47H51N5O6. The summed E-state index contributed by atoms with van der Waals surface area (Å²) in [4.78, 5) is 59.1. The highest BCUT2D eigenvalue weighted by Gasteiger charge is 2.40. The lowest BCUT2D eigenvalue weighted by atomic mass is 9.69. The van der Waals surface area contributed by atoms with Crippen LogP contribution in [0.2, 0.25) is 0 Å². The number of nitrogens with one attached hydrogen (secondary N) is 1. The zero-order valence-corrected chi connectivity index (χ0v) is 32.9. The number of piperazine rings is 1. The van der Waals surface area contributed by atoms with Gasteiger partial charge in [-0.25, -0.2) is 0 Å². The summed E-state index contributed by atoms with van der Waals surface area (Å²) in [6.07, 6.45) is 4.25. The fraction of sp³-hybridized carbons (Fsp3) is 0.404. The number of ether oxygens (including phenoxy) is 1. The minimum absolute atomic E-state index is 0.0362. The number of amides is 4. The average molecular weight is 782 g/mol. The lowest BCUT2D eigenvalue weighted by Gasteiger charge is -2.39. The summed E-state index contributed by atoms with van der Waals surface area (Å²) >= 11 is 0. The first-order valence-corrected chi connectivity index (χ1v) is 20.9. The molecule has 4 heterocycles. The van der Waals surface area contributed by atoms with Gasteiger partial charge in [0.25, 0.3) is 5.91 Å². The molecule has 0 saturated carbocycles. The monoisotopic (exact) mass is 781 g/mol. The zero-order chi connectivity index (χ0) is 39.8. The summed E-state index contributed by atoms with van der Waals surface area (Å²) in [6, 6.07) is 30.4. The molecule has 4 aromatic carbocycles. The minimum atomic E-state index is -0.627. The topological polar surface area (TPSA) is 123 Å². The number of benzene rings is 4. The van der Waals surface area contributed by atoms with E-state index in [-0.39, 0.29) is 36.0 Å². The smallest absolute Gasteiger partial charge is 0.255 e. The minimum Gasteiger partial charge on any atom is -0.508 e. The summed E-state index contributed by atoms with van der Waals surface area (Å²) in [5, 5.41) is 12.5. The van der Waals surface area contributed by atoms with E-state index in [9.17, 15) is 24.3 Å². The number of fused-ring (bicyclic) bond motifs is 2. The van der Waals surface area contributed by atoms with Crippen molar-refractivity contribution in [3.8, 4) is 11.5 Å². The van der Waals surface area contributed by atoms with Crippen LogP contribution in [0.4, 0.5) is 5.69 Å². The first-order chi connectivity index (χ1) is 28.3. The molecule has 3 atom stereocenters. The molecule has 0 aromatic heterocycles. The molecule has 3 fully saturated rings. The predicted octanol–water partition coefficient (Wildman–Crippen LogP) is 5.45. The maximum atomic E-state index is 13.6. The van der Waals surface area contributed by atoms with Gasteiger partial charge in [0.2, 0.25) is 17.7 Å². The molecule has 4 amide bonds. The van der Waals surface area contributed by atoms with Crippen LogP contribution in [0.15, 0.2) is 91.0 Å². The van der Waals surface area contributed by atoms with Gasteiger partial charge in [0, 0.05) is 68.8 Å². The van der Waals surface area contributed by atoms with Gasteiger partial charge in [-0.1, -0.05) is 48.5 Å². The van der Waals surface area contributed by atoms with Gasteiger partial charge in [-0.15, -0.1) is 0 Å². The number of nitrogens with zero attached hydrogens (tertiary/aromatic N) is 4. The van der Waals surface area contributed by atoms with Crippen molar-refractivity contribution in [3.05, 3.63) is 124 Å². The quantitative estimate of drug-likeness (QED) is 0.215. The number of carbonyl (C=O) groups excluding carboxylic acids is 4. The number of rotatable bonds is 9. The fourth-order valence-electron chi connectivity index (χ4n) is 9.95. The molecule has 1 unspecified atom stereocenters. The van der Waals surface area contributed by atoms with Crippen molar-refractivity contribution in [3.63, 3.8) is 0 Å². The third-order valence-corrected chi connectivity index (χ3v) is 13.1. The van der Waals surface area contributed by atoms with Crippen molar-refractivity contribution < 1.29 is 29.0 Å². The van der Waals surface area contributed by atoms with Crippen LogP contribution in [-0.2, 0) is 27.3 Å². The number of piperidine rings is 2. The van der Waals surface area contributed by atoms with Crippen molar-refractivity contribution in [1.29, 1.82) is 0 Å². The third kappa shape index (κ3) is 7.67. The number of phenols is 1. The summed E-state index contributed by atoms with van der Waals surface area (Å²) in [5.74, 6) is 1.16. The Kier molecular flexibility index (Phi) is 10.6. The van der Waals surface area contributed by atoms with Crippen LogP contribution in [0.25, 0.3) is 0 Å². The van der Waals surface area contributed by atoms with E-state index in [0.717, 1.165) is 75.4 Å². The Hall–Kier alpha value is -5.68. The number of phenolic OH excluding ortho intramolecular Hbond substituents is 1. The molecule has 1 aliphatic carbocycles. The summed E-state index contributed by atoms with van der Waals surface area (Å²) in [5.41, 5.74) is 7.62. The average Bonchev–Trinajstić information content (AvgIpc) is 3.58. The number of imide groups is 1. The van der Waals surface area contributed by atoms with E-state index in [2.05, 4.69) is 75.8 Å². The van der Waals surface area contributed by atoms with Crippen LogP contribution in [0.1, 0.15) is 82.1 Å². The summed E-state index contributed by atoms with van der Waals surface area (Å²) in [7, 11) is 0. The molecule has 0 spiro atoms. The molecule has 0 bridgehead atoms. The molecule has 4 aliphatic heterocycles. The van der Waals surface area contributed by atoms with E-state index in [0.29, 0.717) is 49.9 Å². The van der Waals surface area contributed by atoms with E-state index in [1.807, 2.05) is 35.2 Å². The largest absolute Gasteiger partial charge is 0.508 e. The van der Waals surface area contributed by atoms with Gasteiger partial charge in [0.05, 0.1) is 0 Å². The normalized spacial score (nSPS) is 22.7. The molecule has 3 saturated heterocycles.